The van der Waals surface area contributed by atoms with E-state index in [2.05, 4.69) is 45.6 Å². The first-order valence-electron chi connectivity index (χ1n) is 9.80. The molecule has 7 nitrogen and oxygen atoms in total. The van der Waals surface area contributed by atoms with Crippen molar-refractivity contribution in [1.29, 1.82) is 0 Å². The Kier molecular flexibility index (Phi) is 4.07. The first-order valence-corrected chi connectivity index (χ1v) is 9.80. The maximum atomic E-state index is 4.82. The minimum Gasteiger partial charge on any atom is -0.360 e. The second kappa shape index (κ2) is 6.74. The lowest BCUT2D eigenvalue weighted by Gasteiger charge is -2.20. The van der Waals surface area contributed by atoms with Crippen molar-refractivity contribution in [2.45, 2.75) is 39.3 Å². The molecule has 3 aromatic heterocycles. The van der Waals surface area contributed by atoms with Crippen LogP contribution in [-0.2, 0) is 6.54 Å². The van der Waals surface area contributed by atoms with E-state index in [1.807, 2.05) is 40.4 Å². The van der Waals surface area contributed by atoms with Crippen LogP contribution in [0.15, 0.2) is 48.8 Å². The Balaban J connectivity index is 1.61. The molecule has 3 heterocycles. The van der Waals surface area contributed by atoms with E-state index < -0.39 is 0 Å². The summed E-state index contributed by atoms with van der Waals surface area (Å²) in [6.07, 6.45) is 4.05. The second-order valence-electron chi connectivity index (χ2n) is 7.34. The van der Waals surface area contributed by atoms with Gasteiger partial charge in [-0.15, -0.1) is 0 Å². The number of anilines is 1. The van der Waals surface area contributed by atoms with Gasteiger partial charge in [-0.1, -0.05) is 30.3 Å². The van der Waals surface area contributed by atoms with Crippen molar-refractivity contribution >= 4 is 11.5 Å². The summed E-state index contributed by atoms with van der Waals surface area (Å²) in [6, 6.07) is 14.5. The number of rotatable bonds is 6. The topological polar surface area (TPSA) is 72.9 Å². The van der Waals surface area contributed by atoms with Gasteiger partial charge in [-0.3, -0.25) is 0 Å². The van der Waals surface area contributed by atoms with Crippen LogP contribution in [-0.4, -0.2) is 29.4 Å². The molecule has 7 heteroatoms. The van der Waals surface area contributed by atoms with Crippen molar-refractivity contribution in [1.82, 2.24) is 29.4 Å². The molecule has 0 bridgehead atoms. The molecule has 0 aliphatic heterocycles. The predicted molar refractivity (Wildman–Crippen MR) is 108 cm³/mol. The molecule has 1 atom stereocenters. The van der Waals surface area contributed by atoms with Crippen LogP contribution < -0.4 is 5.32 Å². The third-order valence-corrected chi connectivity index (χ3v) is 5.24. The molecular formula is C21H23N7. The van der Waals surface area contributed by atoms with Crippen molar-refractivity contribution in [2.24, 2.45) is 5.92 Å². The van der Waals surface area contributed by atoms with Gasteiger partial charge in [0.25, 0.3) is 0 Å². The third-order valence-electron chi connectivity index (χ3n) is 5.24. The smallest absolute Gasteiger partial charge is 0.158 e. The molecule has 1 fully saturated rings. The second-order valence-corrected chi connectivity index (χ2v) is 7.34. The SMILES string of the molecule is CCn1ncnc1[C@H](Nc1cc(-c2ccccc2)nc2cc(C)nn12)C1CC1. The molecule has 1 aliphatic rings. The highest BCUT2D eigenvalue weighted by Crippen LogP contribution is 2.42. The molecule has 142 valence electrons. The zero-order valence-electron chi connectivity index (χ0n) is 16.1. The van der Waals surface area contributed by atoms with Gasteiger partial charge in [0.1, 0.15) is 18.0 Å². The van der Waals surface area contributed by atoms with E-state index >= 15 is 0 Å². The van der Waals surface area contributed by atoms with Gasteiger partial charge in [-0.25, -0.2) is 14.6 Å². The van der Waals surface area contributed by atoms with Gasteiger partial charge < -0.3 is 5.32 Å². The van der Waals surface area contributed by atoms with E-state index in [0.29, 0.717) is 5.92 Å². The van der Waals surface area contributed by atoms with Gasteiger partial charge >= 0.3 is 0 Å². The summed E-state index contributed by atoms with van der Waals surface area (Å²) in [7, 11) is 0. The molecule has 1 saturated carbocycles. The summed E-state index contributed by atoms with van der Waals surface area (Å²) >= 11 is 0. The maximum Gasteiger partial charge on any atom is 0.158 e. The average molecular weight is 373 g/mol. The molecule has 0 unspecified atom stereocenters. The highest BCUT2D eigenvalue weighted by molar-refractivity contribution is 5.66. The largest absolute Gasteiger partial charge is 0.360 e. The van der Waals surface area contributed by atoms with E-state index in [9.17, 15) is 0 Å². The molecular weight excluding hydrogens is 350 g/mol. The number of hydrogen-bond acceptors (Lipinski definition) is 5. The first-order chi connectivity index (χ1) is 13.7. The number of hydrogen-bond donors (Lipinski definition) is 1. The summed E-state index contributed by atoms with van der Waals surface area (Å²) in [6.45, 7) is 4.89. The summed E-state index contributed by atoms with van der Waals surface area (Å²) in [5, 5.41) is 12.7. The standard InChI is InChI=1S/C21H23N7/c1-3-27-21(22-13-23-27)20(16-9-10-16)25-19-12-17(15-7-5-4-6-8-15)24-18-11-14(2)26-28(18)19/h4-8,11-13,16,20,25H,3,9-10H2,1-2H3/t20-/m1/s1. The molecule has 0 saturated heterocycles. The maximum absolute atomic E-state index is 4.82. The monoisotopic (exact) mass is 373 g/mol. The number of benzene rings is 1. The van der Waals surface area contributed by atoms with Crippen LogP contribution in [0.4, 0.5) is 5.82 Å². The number of nitrogens with one attached hydrogen (secondary N) is 1. The van der Waals surface area contributed by atoms with Crippen LogP contribution >= 0.6 is 0 Å². The Hall–Kier alpha value is -3.22. The Bertz CT molecular complexity index is 1110. The molecule has 1 N–H and O–H groups in total. The fourth-order valence-corrected chi connectivity index (χ4v) is 3.69. The summed E-state index contributed by atoms with van der Waals surface area (Å²) in [5.74, 6) is 2.48. The molecule has 1 aliphatic carbocycles. The van der Waals surface area contributed by atoms with E-state index in [1.54, 1.807) is 6.33 Å². The van der Waals surface area contributed by atoms with Crippen LogP contribution in [0.2, 0.25) is 0 Å². The van der Waals surface area contributed by atoms with E-state index in [-0.39, 0.29) is 6.04 Å². The van der Waals surface area contributed by atoms with Crippen LogP contribution in [0.3, 0.4) is 0 Å². The molecule has 1 aromatic carbocycles. The van der Waals surface area contributed by atoms with Gasteiger partial charge in [-0.2, -0.15) is 14.7 Å². The van der Waals surface area contributed by atoms with E-state index in [1.165, 1.54) is 12.8 Å². The number of aromatic nitrogens is 6. The number of fused-ring (bicyclic) bond motifs is 1. The van der Waals surface area contributed by atoms with Gasteiger partial charge in [0, 0.05) is 24.2 Å². The molecule has 4 aromatic rings. The minimum atomic E-state index is 0.112. The molecule has 0 radical (unpaired) electrons. The van der Waals surface area contributed by atoms with Gasteiger partial charge in [-0.05, 0) is 32.6 Å². The van der Waals surface area contributed by atoms with Crippen molar-refractivity contribution in [3.63, 3.8) is 0 Å². The molecule has 0 amide bonds. The Labute approximate surface area is 163 Å². The lowest BCUT2D eigenvalue weighted by atomic mass is 10.1. The summed E-state index contributed by atoms with van der Waals surface area (Å²) < 4.78 is 3.87. The van der Waals surface area contributed by atoms with Crippen molar-refractivity contribution in [3.05, 3.63) is 60.3 Å². The number of aryl methyl sites for hydroxylation is 2. The Morgan fingerprint density at radius 3 is 2.75 bits per heavy atom. The zero-order chi connectivity index (χ0) is 19.1. The molecule has 5 rings (SSSR count). The van der Waals surface area contributed by atoms with E-state index in [4.69, 9.17) is 4.98 Å². The van der Waals surface area contributed by atoms with Gasteiger partial charge in [0.15, 0.2) is 5.65 Å². The van der Waals surface area contributed by atoms with Gasteiger partial charge in [0.05, 0.1) is 17.4 Å². The van der Waals surface area contributed by atoms with Gasteiger partial charge in [0.2, 0.25) is 0 Å². The summed E-state index contributed by atoms with van der Waals surface area (Å²) in [4.78, 5) is 9.37. The quantitative estimate of drug-likeness (QED) is 0.555. The zero-order valence-corrected chi connectivity index (χ0v) is 16.1. The molecule has 0 spiro atoms. The highest BCUT2D eigenvalue weighted by atomic mass is 15.4. The lowest BCUT2D eigenvalue weighted by Crippen LogP contribution is -2.20. The predicted octanol–water partition coefficient (Wildman–Crippen LogP) is 3.88. The Morgan fingerprint density at radius 1 is 1.18 bits per heavy atom. The van der Waals surface area contributed by atoms with E-state index in [0.717, 1.165) is 40.8 Å². The van der Waals surface area contributed by atoms with Crippen LogP contribution in [0, 0.1) is 12.8 Å². The number of nitrogens with zero attached hydrogens (tertiary/aromatic N) is 6. The fourth-order valence-electron chi connectivity index (χ4n) is 3.69. The fraction of sp³-hybridized carbons (Fsp3) is 0.333. The minimum absolute atomic E-state index is 0.112. The lowest BCUT2D eigenvalue weighted by molar-refractivity contribution is 0.543. The average Bonchev–Trinajstić information content (AvgIpc) is 3.32. The summed E-state index contributed by atoms with van der Waals surface area (Å²) in [5.41, 5.74) is 3.81. The van der Waals surface area contributed by atoms with Crippen LogP contribution in [0.1, 0.15) is 37.3 Å². The van der Waals surface area contributed by atoms with Crippen molar-refractivity contribution < 1.29 is 0 Å². The van der Waals surface area contributed by atoms with Crippen LogP contribution in [0.5, 0.6) is 0 Å². The highest BCUT2D eigenvalue weighted by Gasteiger charge is 2.35. The molecule has 28 heavy (non-hydrogen) atoms. The van der Waals surface area contributed by atoms with Crippen molar-refractivity contribution in [3.8, 4) is 11.3 Å². The first kappa shape index (κ1) is 16.9. The van der Waals surface area contributed by atoms with Crippen molar-refractivity contribution in [2.75, 3.05) is 5.32 Å². The third kappa shape index (κ3) is 3.02. The normalized spacial score (nSPS) is 15.1. The van der Waals surface area contributed by atoms with Crippen LogP contribution in [0.25, 0.3) is 16.9 Å². The Morgan fingerprint density at radius 2 is 2.00 bits per heavy atom.